The fourth-order valence-electron chi connectivity index (χ4n) is 2.86. The standard InChI is InChI=1S/C20H40N4O4/c1-6-9-16(24-19(25)28-20(2,3)4)14-23-18(21-5)22-11-8-12-26-15-17-10-7-13-27-17/h16-17H,6-15H2,1-5H3,(H,24,25)(H2,21,22,23). The number of carbonyl (C=O) groups is 1. The molecule has 0 saturated carbocycles. The van der Waals surface area contributed by atoms with Crippen molar-refractivity contribution in [3.05, 3.63) is 0 Å². The quantitative estimate of drug-likeness (QED) is 0.280. The Morgan fingerprint density at radius 3 is 2.71 bits per heavy atom. The third-order valence-electron chi connectivity index (χ3n) is 4.18. The summed E-state index contributed by atoms with van der Waals surface area (Å²) in [5.74, 6) is 0.714. The second-order valence-electron chi connectivity index (χ2n) is 8.08. The van der Waals surface area contributed by atoms with E-state index in [0.29, 0.717) is 25.7 Å². The van der Waals surface area contributed by atoms with Gasteiger partial charge >= 0.3 is 6.09 Å². The van der Waals surface area contributed by atoms with Crippen molar-refractivity contribution in [3.63, 3.8) is 0 Å². The van der Waals surface area contributed by atoms with Crippen LogP contribution in [0, 0.1) is 0 Å². The van der Waals surface area contributed by atoms with Gasteiger partial charge in [-0.05, 0) is 46.5 Å². The molecule has 164 valence electrons. The lowest BCUT2D eigenvalue weighted by Gasteiger charge is -2.24. The highest BCUT2D eigenvalue weighted by molar-refractivity contribution is 5.79. The molecule has 28 heavy (non-hydrogen) atoms. The van der Waals surface area contributed by atoms with Gasteiger partial charge in [-0.3, -0.25) is 4.99 Å². The first-order valence-electron chi connectivity index (χ1n) is 10.5. The number of aliphatic imine (C=N–C) groups is 1. The smallest absolute Gasteiger partial charge is 0.407 e. The third-order valence-corrected chi connectivity index (χ3v) is 4.18. The van der Waals surface area contributed by atoms with Crippen LogP contribution in [0.5, 0.6) is 0 Å². The summed E-state index contributed by atoms with van der Waals surface area (Å²) in [5, 5.41) is 9.46. The highest BCUT2D eigenvalue weighted by atomic mass is 16.6. The maximum Gasteiger partial charge on any atom is 0.407 e. The minimum absolute atomic E-state index is 0.0202. The van der Waals surface area contributed by atoms with Crippen molar-refractivity contribution in [2.45, 2.75) is 77.5 Å². The van der Waals surface area contributed by atoms with Crippen LogP contribution < -0.4 is 16.0 Å². The van der Waals surface area contributed by atoms with E-state index in [4.69, 9.17) is 14.2 Å². The molecule has 1 aliphatic rings. The number of hydrogen-bond donors (Lipinski definition) is 3. The SMILES string of the molecule is CCCC(CNC(=NC)NCCCOCC1CCCO1)NC(=O)OC(C)(C)C. The average molecular weight is 401 g/mol. The number of carbonyl (C=O) groups excluding carboxylic acids is 1. The molecule has 1 fully saturated rings. The second kappa shape index (κ2) is 13.6. The Bertz CT molecular complexity index is 460. The van der Waals surface area contributed by atoms with E-state index in [1.807, 2.05) is 20.8 Å². The van der Waals surface area contributed by atoms with E-state index in [1.165, 1.54) is 0 Å². The topological polar surface area (TPSA) is 93.2 Å². The number of nitrogens with one attached hydrogen (secondary N) is 3. The first-order valence-corrected chi connectivity index (χ1v) is 10.5. The molecule has 2 unspecified atom stereocenters. The zero-order chi connectivity index (χ0) is 20.8. The van der Waals surface area contributed by atoms with Crippen LogP contribution in [0.25, 0.3) is 0 Å². The first kappa shape index (κ1) is 24.5. The molecule has 3 N–H and O–H groups in total. The normalized spacial score (nSPS) is 18.6. The lowest BCUT2D eigenvalue weighted by Crippen LogP contribution is -2.48. The molecule has 0 bridgehead atoms. The van der Waals surface area contributed by atoms with E-state index in [0.717, 1.165) is 45.3 Å². The summed E-state index contributed by atoms with van der Waals surface area (Å²) in [7, 11) is 1.74. The van der Waals surface area contributed by atoms with Crippen molar-refractivity contribution in [1.29, 1.82) is 0 Å². The number of guanidine groups is 1. The van der Waals surface area contributed by atoms with Gasteiger partial charge in [0.1, 0.15) is 5.60 Å². The highest BCUT2D eigenvalue weighted by Crippen LogP contribution is 2.11. The Balaban J connectivity index is 2.20. The van der Waals surface area contributed by atoms with E-state index >= 15 is 0 Å². The molecule has 0 radical (unpaired) electrons. The molecule has 1 rings (SSSR count). The maximum atomic E-state index is 12.0. The van der Waals surface area contributed by atoms with Crippen LogP contribution in [0.15, 0.2) is 4.99 Å². The van der Waals surface area contributed by atoms with Crippen LogP contribution >= 0.6 is 0 Å². The first-order chi connectivity index (χ1) is 13.3. The van der Waals surface area contributed by atoms with Crippen molar-refractivity contribution in [1.82, 2.24) is 16.0 Å². The summed E-state index contributed by atoms with van der Waals surface area (Å²) < 4.78 is 16.5. The molecule has 1 heterocycles. The molecule has 0 aromatic carbocycles. The molecule has 1 amide bonds. The van der Waals surface area contributed by atoms with Gasteiger partial charge in [-0.15, -0.1) is 0 Å². The maximum absolute atomic E-state index is 12.0. The van der Waals surface area contributed by atoms with Gasteiger partial charge in [-0.2, -0.15) is 0 Å². The van der Waals surface area contributed by atoms with Crippen molar-refractivity contribution in [2.75, 3.05) is 40.0 Å². The van der Waals surface area contributed by atoms with E-state index in [9.17, 15) is 4.79 Å². The second-order valence-corrected chi connectivity index (χ2v) is 8.08. The van der Waals surface area contributed by atoms with Crippen molar-refractivity contribution < 1.29 is 19.0 Å². The van der Waals surface area contributed by atoms with Crippen molar-refractivity contribution in [2.24, 2.45) is 4.99 Å². The number of nitrogens with zero attached hydrogens (tertiary/aromatic N) is 1. The predicted octanol–water partition coefficient (Wildman–Crippen LogP) is 2.43. The van der Waals surface area contributed by atoms with Crippen LogP contribution in [0.1, 0.15) is 59.8 Å². The summed E-state index contributed by atoms with van der Waals surface area (Å²) in [6, 6.07) is -0.0202. The number of ether oxygens (including phenoxy) is 3. The Morgan fingerprint density at radius 2 is 2.11 bits per heavy atom. The lowest BCUT2D eigenvalue weighted by molar-refractivity contribution is 0.0168. The number of alkyl carbamates (subject to hydrolysis) is 1. The lowest BCUT2D eigenvalue weighted by atomic mass is 10.1. The van der Waals surface area contributed by atoms with Crippen molar-refractivity contribution in [3.8, 4) is 0 Å². The fraction of sp³-hybridized carbons (Fsp3) is 0.900. The Kier molecular flexibility index (Phi) is 11.9. The molecule has 0 spiro atoms. The molecular formula is C20H40N4O4. The third kappa shape index (κ3) is 12.0. The minimum Gasteiger partial charge on any atom is -0.444 e. The molecule has 1 saturated heterocycles. The van der Waals surface area contributed by atoms with Gasteiger partial charge < -0.3 is 30.2 Å². The van der Waals surface area contributed by atoms with Crippen LogP contribution in [-0.4, -0.2) is 69.8 Å². The molecule has 0 aromatic rings. The monoisotopic (exact) mass is 400 g/mol. The van der Waals surface area contributed by atoms with Crippen LogP contribution in [-0.2, 0) is 14.2 Å². The minimum atomic E-state index is -0.502. The van der Waals surface area contributed by atoms with Gasteiger partial charge in [0.05, 0.1) is 12.7 Å². The molecule has 8 heteroatoms. The molecule has 2 atom stereocenters. The van der Waals surface area contributed by atoms with E-state index in [2.05, 4.69) is 27.9 Å². The summed E-state index contributed by atoms with van der Waals surface area (Å²) in [6.45, 7) is 11.3. The number of rotatable bonds is 11. The molecule has 8 nitrogen and oxygen atoms in total. The number of amides is 1. The summed E-state index contributed by atoms with van der Waals surface area (Å²) in [4.78, 5) is 16.2. The summed E-state index contributed by atoms with van der Waals surface area (Å²) in [5.41, 5.74) is -0.502. The summed E-state index contributed by atoms with van der Waals surface area (Å²) in [6.07, 6.45) is 4.85. The van der Waals surface area contributed by atoms with Gasteiger partial charge in [0.2, 0.25) is 0 Å². The Labute approximate surface area is 170 Å². The molecule has 0 aliphatic carbocycles. The zero-order valence-electron chi connectivity index (χ0n) is 18.3. The van der Waals surface area contributed by atoms with Crippen LogP contribution in [0.2, 0.25) is 0 Å². The van der Waals surface area contributed by atoms with Gasteiger partial charge in [-0.25, -0.2) is 4.79 Å². The fourth-order valence-corrected chi connectivity index (χ4v) is 2.86. The van der Waals surface area contributed by atoms with Gasteiger partial charge in [0, 0.05) is 39.4 Å². The van der Waals surface area contributed by atoms with Crippen LogP contribution in [0.4, 0.5) is 4.79 Å². The van der Waals surface area contributed by atoms with Gasteiger partial charge in [0.25, 0.3) is 0 Å². The van der Waals surface area contributed by atoms with Crippen LogP contribution in [0.3, 0.4) is 0 Å². The van der Waals surface area contributed by atoms with E-state index in [1.54, 1.807) is 7.05 Å². The Hall–Kier alpha value is -1.54. The van der Waals surface area contributed by atoms with E-state index in [-0.39, 0.29) is 18.2 Å². The molecule has 0 aromatic heterocycles. The molecule has 1 aliphatic heterocycles. The van der Waals surface area contributed by atoms with Gasteiger partial charge in [-0.1, -0.05) is 13.3 Å². The number of hydrogen-bond acceptors (Lipinski definition) is 5. The molecular weight excluding hydrogens is 360 g/mol. The summed E-state index contributed by atoms with van der Waals surface area (Å²) >= 11 is 0. The zero-order valence-corrected chi connectivity index (χ0v) is 18.3. The van der Waals surface area contributed by atoms with Crippen molar-refractivity contribution >= 4 is 12.1 Å². The average Bonchev–Trinajstić information content (AvgIpc) is 3.12. The van der Waals surface area contributed by atoms with Gasteiger partial charge in [0.15, 0.2) is 5.96 Å². The largest absolute Gasteiger partial charge is 0.444 e. The van der Waals surface area contributed by atoms with E-state index < -0.39 is 5.60 Å². The highest BCUT2D eigenvalue weighted by Gasteiger charge is 2.19. The Morgan fingerprint density at radius 1 is 1.32 bits per heavy atom. The predicted molar refractivity (Wildman–Crippen MR) is 112 cm³/mol.